The molecule has 2 amide bonds. The first kappa shape index (κ1) is 34.5. The standard InChI is InChI=1S/C36H46N4O6/c1-27(30-16-8-4-9-17-30)21-31(23-33(41)40-19-10-5-11-20-40)36(37,39-35(43)45-25-28-13-6-3-7-14-28)34(42)46-26-38-24-29-15-12-18-32(22-29)44-2/h3-4,6-9,12-18,22,27,31,38H,5,10-11,19-21,23-26,37H2,1-2H3,(H,39,43)/t27-,31?,36?/m1/s1. The number of nitrogens with one attached hydrogen (secondary N) is 2. The number of hydrogen-bond donors (Lipinski definition) is 3. The lowest BCUT2D eigenvalue weighted by atomic mass is 9.80. The molecule has 246 valence electrons. The summed E-state index contributed by atoms with van der Waals surface area (Å²) >= 11 is 0. The molecule has 46 heavy (non-hydrogen) atoms. The van der Waals surface area contributed by atoms with Crippen molar-refractivity contribution in [2.45, 2.75) is 63.8 Å². The molecule has 1 saturated heterocycles. The minimum Gasteiger partial charge on any atom is -0.497 e. The van der Waals surface area contributed by atoms with E-state index in [1.54, 1.807) is 7.11 Å². The third-order valence-electron chi connectivity index (χ3n) is 8.41. The number of esters is 1. The molecule has 2 unspecified atom stereocenters. The summed E-state index contributed by atoms with van der Waals surface area (Å²) in [6, 6.07) is 26.5. The molecular weight excluding hydrogens is 584 g/mol. The Bertz CT molecular complexity index is 1400. The zero-order valence-electron chi connectivity index (χ0n) is 26.8. The fourth-order valence-corrected chi connectivity index (χ4v) is 5.72. The van der Waals surface area contributed by atoms with Gasteiger partial charge in [0.05, 0.1) is 7.11 Å². The average molecular weight is 631 g/mol. The van der Waals surface area contributed by atoms with Gasteiger partial charge in [0.25, 0.3) is 0 Å². The lowest BCUT2D eigenvalue weighted by Gasteiger charge is -2.38. The Kier molecular flexibility index (Phi) is 13.0. The van der Waals surface area contributed by atoms with E-state index >= 15 is 0 Å². The van der Waals surface area contributed by atoms with Crippen LogP contribution in [0.3, 0.4) is 0 Å². The molecule has 3 aromatic carbocycles. The van der Waals surface area contributed by atoms with E-state index in [1.165, 1.54) is 0 Å². The SMILES string of the molecule is COc1cccc(CNCOC(=O)C(N)(NC(=O)OCc2ccccc2)C(CC(=O)N2CCCCC2)C[C@@H](C)c2ccccc2)c1. The molecule has 0 radical (unpaired) electrons. The number of nitrogens with two attached hydrogens (primary N) is 1. The van der Waals surface area contributed by atoms with Crippen LogP contribution in [-0.4, -0.2) is 55.5 Å². The summed E-state index contributed by atoms with van der Waals surface area (Å²) in [6.45, 7) is 3.54. The Balaban J connectivity index is 1.54. The highest BCUT2D eigenvalue weighted by atomic mass is 16.6. The lowest BCUT2D eigenvalue weighted by molar-refractivity contribution is -0.156. The van der Waals surface area contributed by atoms with Crippen LogP contribution in [0.15, 0.2) is 84.9 Å². The van der Waals surface area contributed by atoms with Gasteiger partial charge in [-0.1, -0.05) is 79.7 Å². The van der Waals surface area contributed by atoms with E-state index in [2.05, 4.69) is 10.6 Å². The number of rotatable bonds is 15. The van der Waals surface area contributed by atoms with Crippen LogP contribution >= 0.6 is 0 Å². The monoisotopic (exact) mass is 630 g/mol. The van der Waals surface area contributed by atoms with Gasteiger partial charge in [0, 0.05) is 32.0 Å². The summed E-state index contributed by atoms with van der Waals surface area (Å²) < 4.78 is 16.4. The van der Waals surface area contributed by atoms with E-state index in [0.29, 0.717) is 31.8 Å². The highest BCUT2D eigenvalue weighted by Gasteiger charge is 2.47. The predicted molar refractivity (Wildman–Crippen MR) is 175 cm³/mol. The lowest BCUT2D eigenvalue weighted by Crippen LogP contribution is -2.67. The van der Waals surface area contributed by atoms with Crippen LogP contribution in [0.25, 0.3) is 0 Å². The summed E-state index contributed by atoms with van der Waals surface area (Å²) in [4.78, 5) is 42.5. The van der Waals surface area contributed by atoms with E-state index in [1.807, 2.05) is 96.8 Å². The normalized spacial score (nSPS) is 15.6. The quantitative estimate of drug-likeness (QED) is 0.120. The van der Waals surface area contributed by atoms with Gasteiger partial charge >= 0.3 is 12.1 Å². The number of likely N-dealkylation sites (tertiary alicyclic amines) is 1. The number of benzene rings is 3. The van der Waals surface area contributed by atoms with Crippen LogP contribution in [0.5, 0.6) is 5.75 Å². The summed E-state index contributed by atoms with van der Waals surface area (Å²) in [7, 11) is 1.60. The molecule has 0 bridgehead atoms. The van der Waals surface area contributed by atoms with E-state index in [4.69, 9.17) is 19.9 Å². The minimum atomic E-state index is -2.06. The maximum atomic E-state index is 13.9. The molecular formula is C36H46N4O6. The van der Waals surface area contributed by atoms with E-state index in [9.17, 15) is 14.4 Å². The fraction of sp³-hybridized carbons (Fsp3) is 0.417. The number of alkyl carbamates (subject to hydrolysis) is 1. The molecule has 1 heterocycles. The van der Waals surface area contributed by atoms with E-state index in [-0.39, 0.29) is 31.6 Å². The van der Waals surface area contributed by atoms with Crippen LogP contribution in [-0.2, 0) is 32.2 Å². The molecule has 3 aromatic rings. The van der Waals surface area contributed by atoms with Crippen molar-refractivity contribution in [1.82, 2.24) is 15.5 Å². The third kappa shape index (κ3) is 10.1. The molecule has 10 nitrogen and oxygen atoms in total. The first-order valence-electron chi connectivity index (χ1n) is 15.9. The molecule has 0 saturated carbocycles. The van der Waals surface area contributed by atoms with Crippen molar-refractivity contribution in [1.29, 1.82) is 0 Å². The summed E-state index contributed by atoms with van der Waals surface area (Å²) in [5.41, 5.74) is 7.57. The first-order chi connectivity index (χ1) is 22.3. The number of hydrogen-bond acceptors (Lipinski definition) is 8. The van der Waals surface area contributed by atoms with Gasteiger partial charge in [0.1, 0.15) is 19.1 Å². The highest BCUT2D eigenvalue weighted by molar-refractivity contribution is 5.87. The second-order valence-electron chi connectivity index (χ2n) is 11.8. The molecule has 1 aliphatic rings. The van der Waals surface area contributed by atoms with Crippen LogP contribution in [0.4, 0.5) is 4.79 Å². The predicted octanol–water partition coefficient (Wildman–Crippen LogP) is 5.08. The zero-order chi connectivity index (χ0) is 32.8. The molecule has 10 heteroatoms. The second kappa shape index (κ2) is 17.3. The average Bonchev–Trinajstić information content (AvgIpc) is 3.10. The molecule has 0 aliphatic carbocycles. The molecule has 4 N–H and O–H groups in total. The number of methoxy groups -OCH3 is 1. The molecule has 1 fully saturated rings. The van der Waals surface area contributed by atoms with Crippen LogP contribution in [0.2, 0.25) is 0 Å². The van der Waals surface area contributed by atoms with Crippen molar-refractivity contribution >= 4 is 18.0 Å². The molecule has 1 aliphatic heterocycles. The Morgan fingerprint density at radius 2 is 1.57 bits per heavy atom. The fourth-order valence-electron chi connectivity index (χ4n) is 5.72. The van der Waals surface area contributed by atoms with Gasteiger partial charge in [-0.05, 0) is 60.4 Å². The summed E-state index contributed by atoms with van der Waals surface area (Å²) in [5.74, 6) is -1.14. The van der Waals surface area contributed by atoms with E-state index in [0.717, 1.165) is 36.0 Å². The van der Waals surface area contributed by atoms with Crippen molar-refractivity contribution in [3.05, 3.63) is 102 Å². The summed E-state index contributed by atoms with van der Waals surface area (Å²) in [6.07, 6.45) is 2.34. The highest BCUT2D eigenvalue weighted by Crippen LogP contribution is 2.32. The number of nitrogens with zero attached hydrogens (tertiary/aromatic N) is 1. The van der Waals surface area contributed by atoms with Crippen LogP contribution in [0.1, 0.15) is 61.6 Å². The number of carbonyl (C=O) groups excluding carboxylic acids is 3. The van der Waals surface area contributed by atoms with Gasteiger partial charge in [-0.2, -0.15) is 0 Å². The molecule has 0 spiro atoms. The zero-order valence-corrected chi connectivity index (χ0v) is 26.8. The third-order valence-corrected chi connectivity index (χ3v) is 8.41. The smallest absolute Gasteiger partial charge is 0.409 e. The number of piperidine rings is 1. The first-order valence-corrected chi connectivity index (χ1v) is 15.9. The van der Waals surface area contributed by atoms with Gasteiger partial charge in [0.15, 0.2) is 5.66 Å². The minimum absolute atomic E-state index is 0.0162. The van der Waals surface area contributed by atoms with Crippen LogP contribution in [0, 0.1) is 5.92 Å². The van der Waals surface area contributed by atoms with Gasteiger partial charge < -0.3 is 19.1 Å². The van der Waals surface area contributed by atoms with Crippen molar-refractivity contribution in [2.24, 2.45) is 11.7 Å². The Morgan fingerprint density at radius 3 is 2.26 bits per heavy atom. The van der Waals surface area contributed by atoms with Gasteiger partial charge in [-0.25, -0.2) is 9.59 Å². The molecule has 4 rings (SSSR count). The maximum Gasteiger partial charge on any atom is 0.409 e. The van der Waals surface area contributed by atoms with Gasteiger partial charge in [0.2, 0.25) is 5.91 Å². The van der Waals surface area contributed by atoms with E-state index < -0.39 is 23.6 Å². The van der Waals surface area contributed by atoms with Crippen LogP contribution < -0.4 is 21.1 Å². The topological polar surface area (TPSA) is 132 Å². The van der Waals surface area contributed by atoms with Crippen molar-refractivity contribution in [2.75, 3.05) is 26.9 Å². The molecule has 3 atom stereocenters. The number of carbonyl (C=O) groups is 3. The van der Waals surface area contributed by atoms with Gasteiger partial charge in [-0.15, -0.1) is 0 Å². The summed E-state index contributed by atoms with van der Waals surface area (Å²) in [5, 5.41) is 5.71. The number of ether oxygens (including phenoxy) is 3. The van der Waals surface area contributed by atoms with Crippen molar-refractivity contribution < 1.29 is 28.6 Å². The molecule has 0 aromatic heterocycles. The van der Waals surface area contributed by atoms with Gasteiger partial charge in [-0.3, -0.25) is 21.2 Å². The largest absolute Gasteiger partial charge is 0.497 e. The Labute approximate surface area is 271 Å². The Hall–Kier alpha value is -4.41. The van der Waals surface area contributed by atoms with Crippen molar-refractivity contribution in [3.63, 3.8) is 0 Å². The maximum absolute atomic E-state index is 13.9. The second-order valence-corrected chi connectivity index (χ2v) is 11.8. The Morgan fingerprint density at radius 1 is 0.891 bits per heavy atom. The number of amides is 2. The van der Waals surface area contributed by atoms with Crippen molar-refractivity contribution in [3.8, 4) is 5.75 Å².